The van der Waals surface area contributed by atoms with Gasteiger partial charge in [0.15, 0.2) is 17.0 Å². The van der Waals surface area contributed by atoms with Crippen molar-refractivity contribution in [3.05, 3.63) is 41.5 Å². The summed E-state index contributed by atoms with van der Waals surface area (Å²) in [4.78, 5) is 15.5. The molecule has 29 heavy (non-hydrogen) atoms. The number of hydrogen-bond acceptors (Lipinski definition) is 7. The quantitative estimate of drug-likeness (QED) is 0.681. The minimum absolute atomic E-state index is 0.201. The first-order valence-corrected chi connectivity index (χ1v) is 9.91. The number of anilines is 1. The lowest BCUT2D eigenvalue weighted by molar-refractivity contribution is 0.0926. The van der Waals surface area contributed by atoms with E-state index in [0.717, 1.165) is 41.3 Å². The van der Waals surface area contributed by atoms with Crippen LogP contribution in [0.25, 0.3) is 11.2 Å². The van der Waals surface area contributed by atoms with Crippen molar-refractivity contribution in [1.29, 1.82) is 0 Å². The number of ether oxygens (including phenoxy) is 2. The number of fused-ring (bicyclic) bond motifs is 1. The number of aliphatic hydroxyl groups excluding tert-OH is 1. The Balaban J connectivity index is 1.47. The number of benzene rings is 1. The Morgan fingerprint density at radius 2 is 1.86 bits per heavy atom. The zero-order valence-corrected chi connectivity index (χ0v) is 17.1. The van der Waals surface area contributed by atoms with Crippen molar-refractivity contribution in [1.82, 2.24) is 19.5 Å². The molecule has 0 saturated carbocycles. The third kappa shape index (κ3) is 4.04. The summed E-state index contributed by atoms with van der Waals surface area (Å²) in [5, 5.41) is 10.6. The van der Waals surface area contributed by atoms with Crippen molar-refractivity contribution in [2.45, 2.75) is 33.4 Å². The van der Waals surface area contributed by atoms with Crippen LogP contribution >= 0.6 is 0 Å². The summed E-state index contributed by atoms with van der Waals surface area (Å²) in [5.74, 6) is 1.66. The van der Waals surface area contributed by atoms with Gasteiger partial charge in [-0.1, -0.05) is 12.1 Å². The number of hydrogen-bond donors (Lipinski definition) is 1. The Bertz CT molecular complexity index is 997. The van der Waals surface area contributed by atoms with E-state index in [9.17, 15) is 5.11 Å². The maximum Gasteiger partial charge on any atom is 0.165 e. The molecule has 2 aromatic heterocycles. The number of aromatic nitrogens is 4. The highest BCUT2D eigenvalue weighted by molar-refractivity contribution is 5.83. The fraction of sp³-hybridized carbons (Fsp3) is 0.476. The minimum Gasteiger partial charge on any atom is -0.490 e. The van der Waals surface area contributed by atoms with Gasteiger partial charge in [-0.15, -0.1) is 0 Å². The van der Waals surface area contributed by atoms with Crippen LogP contribution in [0.5, 0.6) is 5.75 Å². The molecule has 8 nitrogen and oxygen atoms in total. The average molecular weight is 397 g/mol. The van der Waals surface area contributed by atoms with E-state index in [-0.39, 0.29) is 6.61 Å². The van der Waals surface area contributed by atoms with Gasteiger partial charge in [0, 0.05) is 13.1 Å². The third-order valence-corrected chi connectivity index (χ3v) is 5.39. The Morgan fingerprint density at radius 3 is 2.66 bits per heavy atom. The topological polar surface area (TPSA) is 85.5 Å². The second kappa shape index (κ2) is 8.34. The van der Waals surface area contributed by atoms with Crippen molar-refractivity contribution in [3.8, 4) is 5.75 Å². The molecule has 1 saturated heterocycles. The molecule has 8 heteroatoms. The fourth-order valence-electron chi connectivity index (χ4n) is 3.62. The molecule has 0 radical (unpaired) electrons. The molecule has 0 unspecified atom stereocenters. The van der Waals surface area contributed by atoms with Crippen LogP contribution in [0.1, 0.15) is 16.7 Å². The Labute approximate surface area is 170 Å². The smallest absolute Gasteiger partial charge is 0.165 e. The van der Waals surface area contributed by atoms with Gasteiger partial charge in [0.05, 0.1) is 26.1 Å². The van der Waals surface area contributed by atoms with E-state index in [1.807, 2.05) is 24.5 Å². The molecule has 0 bridgehead atoms. The van der Waals surface area contributed by atoms with Gasteiger partial charge in [-0.3, -0.25) is 0 Å². The summed E-state index contributed by atoms with van der Waals surface area (Å²) < 4.78 is 13.2. The minimum atomic E-state index is -0.687. The first-order chi connectivity index (χ1) is 14.0. The molecule has 1 fully saturated rings. The SMILES string of the molecule is Cc1ccc(C)c(OC[C@H](O)Cn2cnc3c(N4CCOCC4)ncnc32)c1C. The predicted molar refractivity (Wildman–Crippen MR) is 111 cm³/mol. The Kier molecular flexibility index (Phi) is 5.64. The van der Waals surface area contributed by atoms with Crippen LogP contribution in [0.3, 0.4) is 0 Å². The summed E-state index contributed by atoms with van der Waals surface area (Å²) in [6.07, 6.45) is 2.57. The van der Waals surface area contributed by atoms with Crippen LogP contribution in [0.2, 0.25) is 0 Å². The van der Waals surface area contributed by atoms with Gasteiger partial charge in [0.2, 0.25) is 0 Å². The molecule has 0 aliphatic carbocycles. The van der Waals surface area contributed by atoms with E-state index >= 15 is 0 Å². The Hall–Kier alpha value is -2.71. The van der Waals surface area contributed by atoms with Crippen molar-refractivity contribution in [2.24, 2.45) is 0 Å². The second-order valence-corrected chi connectivity index (χ2v) is 7.48. The van der Waals surface area contributed by atoms with Gasteiger partial charge in [-0.05, 0) is 37.5 Å². The molecule has 1 atom stereocenters. The summed E-state index contributed by atoms with van der Waals surface area (Å²) in [7, 11) is 0. The summed E-state index contributed by atoms with van der Waals surface area (Å²) in [5.41, 5.74) is 4.80. The van der Waals surface area contributed by atoms with Crippen LogP contribution in [0.15, 0.2) is 24.8 Å². The maximum absolute atomic E-state index is 10.6. The van der Waals surface area contributed by atoms with Crippen LogP contribution < -0.4 is 9.64 Å². The van der Waals surface area contributed by atoms with E-state index in [4.69, 9.17) is 9.47 Å². The number of aryl methyl sites for hydroxylation is 2. The lowest BCUT2D eigenvalue weighted by Crippen LogP contribution is -2.37. The molecule has 1 aliphatic heterocycles. The molecule has 1 aliphatic rings. The van der Waals surface area contributed by atoms with E-state index in [2.05, 4.69) is 32.8 Å². The summed E-state index contributed by atoms with van der Waals surface area (Å²) in [6, 6.07) is 4.12. The molecular formula is C21H27N5O3. The van der Waals surface area contributed by atoms with E-state index in [0.29, 0.717) is 25.4 Å². The van der Waals surface area contributed by atoms with Crippen molar-refractivity contribution >= 4 is 17.0 Å². The lowest BCUT2D eigenvalue weighted by atomic mass is 10.1. The van der Waals surface area contributed by atoms with Crippen LogP contribution in [0.4, 0.5) is 5.82 Å². The lowest BCUT2D eigenvalue weighted by Gasteiger charge is -2.27. The predicted octanol–water partition coefficient (Wildman–Crippen LogP) is 2.03. The largest absolute Gasteiger partial charge is 0.490 e. The van der Waals surface area contributed by atoms with Gasteiger partial charge in [0.25, 0.3) is 0 Å². The zero-order valence-electron chi connectivity index (χ0n) is 17.1. The Morgan fingerprint density at radius 1 is 1.10 bits per heavy atom. The van der Waals surface area contributed by atoms with Crippen molar-refractivity contribution in [3.63, 3.8) is 0 Å². The second-order valence-electron chi connectivity index (χ2n) is 7.48. The number of imidazole rings is 1. The number of morpholine rings is 1. The van der Waals surface area contributed by atoms with Crippen molar-refractivity contribution in [2.75, 3.05) is 37.8 Å². The maximum atomic E-state index is 10.6. The average Bonchev–Trinajstić information content (AvgIpc) is 3.14. The molecule has 1 N–H and O–H groups in total. The zero-order chi connectivity index (χ0) is 20.4. The van der Waals surface area contributed by atoms with Crippen LogP contribution in [-0.2, 0) is 11.3 Å². The van der Waals surface area contributed by atoms with Crippen LogP contribution in [0, 0.1) is 20.8 Å². The summed E-state index contributed by atoms with van der Waals surface area (Å²) >= 11 is 0. The van der Waals surface area contributed by atoms with Crippen LogP contribution in [-0.4, -0.2) is 63.6 Å². The number of aliphatic hydroxyl groups is 1. The molecule has 3 aromatic rings. The van der Waals surface area contributed by atoms with Gasteiger partial charge in [0.1, 0.15) is 24.8 Å². The van der Waals surface area contributed by atoms with Gasteiger partial charge in [-0.25, -0.2) is 15.0 Å². The fourth-order valence-corrected chi connectivity index (χ4v) is 3.62. The highest BCUT2D eigenvalue weighted by Crippen LogP contribution is 2.26. The molecule has 0 amide bonds. The van der Waals surface area contributed by atoms with E-state index < -0.39 is 6.10 Å². The molecule has 4 rings (SSSR count). The van der Waals surface area contributed by atoms with Gasteiger partial charge >= 0.3 is 0 Å². The molecular weight excluding hydrogens is 370 g/mol. The highest BCUT2D eigenvalue weighted by Gasteiger charge is 2.19. The number of nitrogens with zero attached hydrogens (tertiary/aromatic N) is 5. The highest BCUT2D eigenvalue weighted by atomic mass is 16.5. The first kappa shape index (κ1) is 19.6. The van der Waals surface area contributed by atoms with E-state index in [1.54, 1.807) is 12.7 Å². The standard InChI is InChI=1S/C21H27N5O3/c1-14-4-5-15(2)19(16(14)3)29-11-17(27)10-26-13-24-18-20(22-12-23-21(18)26)25-6-8-28-9-7-25/h4-5,12-13,17,27H,6-11H2,1-3H3/t17-/m1/s1. The molecule has 0 spiro atoms. The molecule has 3 heterocycles. The first-order valence-electron chi connectivity index (χ1n) is 9.91. The molecule has 154 valence electrons. The monoisotopic (exact) mass is 397 g/mol. The molecule has 1 aromatic carbocycles. The third-order valence-electron chi connectivity index (χ3n) is 5.39. The van der Waals surface area contributed by atoms with Gasteiger partial charge in [-0.2, -0.15) is 0 Å². The van der Waals surface area contributed by atoms with E-state index in [1.165, 1.54) is 5.56 Å². The van der Waals surface area contributed by atoms with Gasteiger partial charge < -0.3 is 24.0 Å². The number of rotatable bonds is 6. The van der Waals surface area contributed by atoms with Crippen molar-refractivity contribution < 1.29 is 14.6 Å². The normalized spacial score (nSPS) is 15.7. The summed E-state index contributed by atoms with van der Waals surface area (Å²) in [6.45, 7) is 9.59.